The van der Waals surface area contributed by atoms with E-state index in [1.54, 1.807) is 0 Å². The fourth-order valence-corrected chi connectivity index (χ4v) is 5.73. The molecule has 2 fully saturated rings. The van der Waals surface area contributed by atoms with Gasteiger partial charge in [-0.1, -0.05) is 32.6 Å². The van der Waals surface area contributed by atoms with Crippen LogP contribution in [-0.2, 0) is 9.84 Å². The van der Waals surface area contributed by atoms with Crippen LogP contribution >= 0.6 is 0 Å². The Bertz CT molecular complexity index is 407. The van der Waals surface area contributed by atoms with Crippen molar-refractivity contribution in [1.82, 2.24) is 5.32 Å². The molecule has 4 unspecified atom stereocenters. The summed E-state index contributed by atoms with van der Waals surface area (Å²) in [5.41, 5.74) is 0. The molecule has 3 nitrogen and oxygen atoms in total. The molecule has 0 amide bonds. The summed E-state index contributed by atoms with van der Waals surface area (Å²) in [4.78, 5) is 0. The molecule has 0 heterocycles. The van der Waals surface area contributed by atoms with Crippen LogP contribution in [0.25, 0.3) is 0 Å². The predicted molar refractivity (Wildman–Crippen MR) is 89.2 cm³/mol. The molecule has 0 aliphatic heterocycles. The topological polar surface area (TPSA) is 46.2 Å². The van der Waals surface area contributed by atoms with Crippen LogP contribution in [0.5, 0.6) is 0 Å². The molecule has 2 aliphatic rings. The lowest BCUT2D eigenvalue weighted by Gasteiger charge is -2.41. The van der Waals surface area contributed by atoms with Crippen molar-refractivity contribution in [3.8, 4) is 0 Å². The third kappa shape index (κ3) is 4.95. The second kappa shape index (κ2) is 7.96. The smallest absolute Gasteiger partial charge is 0.150 e. The normalized spacial score (nSPS) is 34.8. The quantitative estimate of drug-likeness (QED) is 0.764. The van der Waals surface area contributed by atoms with Crippen molar-refractivity contribution in [3.63, 3.8) is 0 Å². The van der Waals surface area contributed by atoms with Gasteiger partial charge in [0.2, 0.25) is 0 Å². The number of rotatable bonds is 6. The van der Waals surface area contributed by atoms with Crippen molar-refractivity contribution in [1.29, 1.82) is 0 Å². The van der Waals surface area contributed by atoms with Gasteiger partial charge in [0, 0.05) is 6.26 Å². The van der Waals surface area contributed by atoms with Crippen LogP contribution in [0.4, 0.5) is 0 Å². The van der Waals surface area contributed by atoms with E-state index in [9.17, 15) is 8.42 Å². The standard InChI is InChI=1S/C17H33NO2S/c1-3-11-18-13-15-7-4-5-10-17(15)14-8-6-9-16(12-14)21(2,19)20/h14-18H,3-13H2,1-2H3. The predicted octanol–water partition coefficient (Wildman–Crippen LogP) is 3.40. The summed E-state index contributed by atoms with van der Waals surface area (Å²) in [5, 5.41) is 3.53. The molecule has 4 heteroatoms. The molecule has 2 aliphatic carbocycles. The van der Waals surface area contributed by atoms with Crippen LogP contribution in [0.3, 0.4) is 0 Å². The second-order valence-electron chi connectivity index (χ2n) is 7.29. The molecule has 1 N–H and O–H groups in total. The molecule has 0 saturated heterocycles. The van der Waals surface area contributed by atoms with Gasteiger partial charge in [-0.15, -0.1) is 0 Å². The van der Waals surface area contributed by atoms with Crippen molar-refractivity contribution in [2.75, 3.05) is 19.3 Å². The highest BCUT2D eigenvalue weighted by atomic mass is 32.2. The van der Waals surface area contributed by atoms with Gasteiger partial charge in [-0.25, -0.2) is 8.42 Å². The van der Waals surface area contributed by atoms with Gasteiger partial charge in [0.1, 0.15) is 9.84 Å². The molecule has 2 saturated carbocycles. The number of nitrogens with one attached hydrogen (secondary N) is 1. The first-order chi connectivity index (χ1) is 10.0. The molecule has 124 valence electrons. The van der Waals surface area contributed by atoms with Gasteiger partial charge in [-0.2, -0.15) is 0 Å². The van der Waals surface area contributed by atoms with Crippen LogP contribution in [0, 0.1) is 17.8 Å². The zero-order valence-corrected chi connectivity index (χ0v) is 14.6. The maximum Gasteiger partial charge on any atom is 0.150 e. The summed E-state index contributed by atoms with van der Waals surface area (Å²) < 4.78 is 23.8. The second-order valence-corrected chi connectivity index (χ2v) is 9.62. The van der Waals surface area contributed by atoms with E-state index < -0.39 is 9.84 Å². The molecule has 2 rings (SSSR count). The first-order valence-corrected chi connectivity index (χ1v) is 10.9. The molecule has 0 aromatic heterocycles. The van der Waals surface area contributed by atoms with Crippen molar-refractivity contribution in [2.24, 2.45) is 17.8 Å². The zero-order chi connectivity index (χ0) is 15.3. The van der Waals surface area contributed by atoms with Crippen molar-refractivity contribution in [3.05, 3.63) is 0 Å². The van der Waals surface area contributed by atoms with E-state index in [2.05, 4.69) is 12.2 Å². The lowest BCUT2D eigenvalue weighted by molar-refractivity contribution is 0.128. The van der Waals surface area contributed by atoms with Crippen LogP contribution in [0.2, 0.25) is 0 Å². The Morgan fingerprint density at radius 2 is 1.81 bits per heavy atom. The lowest BCUT2D eigenvalue weighted by atomic mass is 9.68. The molecular formula is C17H33NO2S. The van der Waals surface area contributed by atoms with Gasteiger partial charge in [-0.3, -0.25) is 0 Å². The van der Waals surface area contributed by atoms with E-state index in [1.165, 1.54) is 44.8 Å². The summed E-state index contributed by atoms with van der Waals surface area (Å²) in [6.07, 6.45) is 12.1. The monoisotopic (exact) mass is 315 g/mol. The van der Waals surface area contributed by atoms with Crippen LogP contribution in [-0.4, -0.2) is 33.0 Å². The zero-order valence-electron chi connectivity index (χ0n) is 13.8. The Hall–Kier alpha value is -0.0900. The summed E-state index contributed by atoms with van der Waals surface area (Å²) in [7, 11) is -2.85. The highest BCUT2D eigenvalue weighted by Gasteiger charge is 2.37. The largest absolute Gasteiger partial charge is 0.316 e. The van der Waals surface area contributed by atoms with E-state index in [1.807, 2.05) is 0 Å². The fourth-order valence-electron chi connectivity index (χ4n) is 4.53. The molecule has 0 radical (unpaired) electrons. The minimum Gasteiger partial charge on any atom is -0.316 e. The van der Waals surface area contributed by atoms with Gasteiger partial charge in [0.25, 0.3) is 0 Å². The molecule has 0 spiro atoms. The van der Waals surface area contributed by atoms with Gasteiger partial charge in [-0.05, 0) is 62.9 Å². The first-order valence-electron chi connectivity index (χ1n) is 8.92. The highest BCUT2D eigenvalue weighted by molar-refractivity contribution is 7.91. The lowest BCUT2D eigenvalue weighted by Crippen LogP contribution is -2.38. The van der Waals surface area contributed by atoms with E-state index in [4.69, 9.17) is 0 Å². The van der Waals surface area contributed by atoms with E-state index >= 15 is 0 Å². The summed E-state index contributed by atoms with van der Waals surface area (Å²) in [6.45, 7) is 4.46. The average molecular weight is 316 g/mol. The van der Waals surface area contributed by atoms with E-state index in [0.29, 0.717) is 5.92 Å². The molecule has 0 bridgehead atoms. The maximum absolute atomic E-state index is 11.9. The van der Waals surface area contributed by atoms with E-state index in [-0.39, 0.29) is 5.25 Å². The minimum absolute atomic E-state index is 0.0672. The summed E-state index contributed by atoms with van der Waals surface area (Å²) in [6, 6.07) is 0. The summed E-state index contributed by atoms with van der Waals surface area (Å²) >= 11 is 0. The Morgan fingerprint density at radius 3 is 2.52 bits per heavy atom. The SMILES string of the molecule is CCCNCC1CCCCC1C1CCCC(S(C)(=O)=O)C1. The van der Waals surface area contributed by atoms with Crippen molar-refractivity contribution in [2.45, 2.75) is 70.0 Å². The average Bonchev–Trinajstić information content (AvgIpc) is 2.47. The van der Waals surface area contributed by atoms with Gasteiger partial charge in [0.15, 0.2) is 0 Å². The Labute approximate surface area is 131 Å². The van der Waals surface area contributed by atoms with Crippen molar-refractivity contribution < 1.29 is 8.42 Å². The maximum atomic E-state index is 11.9. The van der Waals surface area contributed by atoms with Gasteiger partial charge in [0.05, 0.1) is 5.25 Å². The third-order valence-electron chi connectivity index (χ3n) is 5.68. The summed E-state index contributed by atoms with van der Waals surface area (Å²) in [5.74, 6) is 2.17. The van der Waals surface area contributed by atoms with Gasteiger partial charge >= 0.3 is 0 Å². The fraction of sp³-hybridized carbons (Fsp3) is 1.00. The van der Waals surface area contributed by atoms with Crippen LogP contribution in [0.1, 0.15) is 64.7 Å². The number of hydrogen-bond acceptors (Lipinski definition) is 3. The number of sulfone groups is 1. The Morgan fingerprint density at radius 1 is 1.05 bits per heavy atom. The minimum atomic E-state index is -2.85. The molecule has 4 atom stereocenters. The Balaban J connectivity index is 1.96. The number of hydrogen-bond donors (Lipinski definition) is 1. The highest BCUT2D eigenvalue weighted by Crippen LogP contribution is 2.42. The first kappa shape index (κ1) is 17.3. The van der Waals surface area contributed by atoms with Crippen LogP contribution < -0.4 is 5.32 Å². The van der Waals surface area contributed by atoms with E-state index in [0.717, 1.165) is 44.2 Å². The third-order valence-corrected chi connectivity index (χ3v) is 7.32. The molecule has 0 aromatic rings. The molecular weight excluding hydrogens is 282 g/mol. The van der Waals surface area contributed by atoms with Crippen molar-refractivity contribution >= 4 is 9.84 Å². The molecule has 0 aromatic carbocycles. The van der Waals surface area contributed by atoms with Gasteiger partial charge < -0.3 is 5.32 Å². The molecule has 21 heavy (non-hydrogen) atoms. The Kier molecular flexibility index (Phi) is 6.54. The van der Waals surface area contributed by atoms with Crippen LogP contribution in [0.15, 0.2) is 0 Å².